The van der Waals surface area contributed by atoms with Crippen molar-refractivity contribution in [1.82, 2.24) is 15.0 Å². The summed E-state index contributed by atoms with van der Waals surface area (Å²) < 4.78 is 23.7. The topological polar surface area (TPSA) is 51.4 Å². The molecule has 3 aromatic rings. The highest BCUT2D eigenvalue weighted by molar-refractivity contribution is 5.53. The molecule has 1 saturated heterocycles. The molecule has 26 heavy (non-hydrogen) atoms. The Morgan fingerprint density at radius 3 is 2.65 bits per heavy atom. The Morgan fingerprint density at radius 2 is 1.92 bits per heavy atom. The number of methoxy groups -OCH3 is 1. The van der Waals surface area contributed by atoms with Gasteiger partial charge in [-0.3, -0.25) is 4.90 Å². The maximum absolute atomic E-state index is 13.1. The van der Waals surface area contributed by atoms with Crippen LogP contribution in [0.15, 0.2) is 53.1 Å². The van der Waals surface area contributed by atoms with Crippen LogP contribution in [-0.4, -0.2) is 28.7 Å². The molecule has 2 heterocycles. The Balaban J connectivity index is 1.48. The summed E-state index contributed by atoms with van der Waals surface area (Å²) in [5.74, 6) is 1.64. The van der Waals surface area contributed by atoms with E-state index in [2.05, 4.69) is 27.2 Å². The fourth-order valence-corrected chi connectivity index (χ4v) is 3.43. The predicted molar refractivity (Wildman–Crippen MR) is 95.1 cm³/mol. The highest BCUT2D eigenvalue weighted by atomic mass is 19.1. The lowest BCUT2D eigenvalue weighted by Gasteiger charge is -2.23. The van der Waals surface area contributed by atoms with Gasteiger partial charge in [-0.25, -0.2) is 4.39 Å². The van der Waals surface area contributed by atoms with E-state index in [4.69, 9.17) is 9.26 Å². The highest BCUT2D eigenvalue weighted by Gasteiger charge is 2.27. The summed E-state index contributed by atoms with van der Waals surface area (Å²) in [6.45, 7) is 1.59. The Kier molecular flexibility index (Phi) is 4.67. The minimum Gasteiger partial charge on any atom is -0.497 e. The molecule has 1 fully saturated rings. The summed E-state index contributed by atoms with van der Waals surface area (Å²) in [4.78, 5) is 6.82. The van der Waals surface area contributed by atoms with Crippen LogP contribution >= 0.6 is 0 Å². The van der Waals surface area contributed by atoms with Gasteiger partial charge in [0.25, 0.3) is 0 Å². The molecule has 4 rings (SSSR count). The number of benzene rings is 2. The molecule has 2 aromatic carbocycles. The van der Waals surface area contributed by atoms with Gasteiger partial charge >= 0.3 is 0 Å². The second-order valence-corrected chi connectivity index (χ2v) is 6.42. The number of hydrogen-bond donors (Lipinski definition) is 0. The number of likely N-dealkylation sites (tertiary alicyclic amines) is 1. The van der Waals surface area contributed by atoms with Crippen molar-refractivity contribution in [2.75, 3.05) is 13.7 Å². The Morgan fingerprint density at radius 1 is 1.15 bits per heavy atom. The van der Waals surface area contributed by atoms with Crippen LogP contribution in [0, 0.1) is 5.82 Å². The summed E-state index contributed by atoms with van der Waals surface area (Å²) in [5, 5.41) is 4.03. The van der Waals surface area contributed by atoms with Crippen molar-refractivity contribution in [3.63, 3.8) is 0 Å². The molecular weight excluding hydrogens is 333 g/mol. The van der Waals surface area contributed by atoms with Crippen LogP contribution < -0.4 is 4.74 Å². The fourth-order valence-electron chi connectivity index (χ4n) is 3.43. The van der Waals surface area contributed by atoms with E-state index in [0.717, 1.165) is 30.7 Å². The van der Waals surface area contributed by atoms with Crippen molar-refractivity contribution in [1.29, 1.82) is 0 Å². The quantitative estimate of drug-likeness (QED) is 0.687. The van der Waals surface area contributed by atoms with Crippen LogP contribution in [0.4, 0.5) is 4.39 Å². The van der Waals surface area contributed by atoms with Crippen molar-refractivity contribution in [2.24, 2.45) is 0 Å². The first kappa shape index (κ1) is 16.7. The Hall–Kier alpha value is -2.73. The van der Waals surface area contributed by atoms with Gasteiger partial charge in [-0.1, -0.05) is 17.3 Å². The largest absolute Gasteiger partial charge is 0.497 e. The first-order chi connectivity index (χ1) is 12.7. The van der Waals surface area contributed by atoms with Crippen molar-refractivity contribution >= 4 is 0 Å². The zero-order valence-electron chi connectivity index (χ0n) is 14.6. The maximum Gasteiger partial charge on any atom is 0.241 e. The maximum atomic E-state index is 13.1. The van der Waals surface area contributed by atoms with Gasteiger partial charge in [0.05, 0.1) is 13.7 Å². The molecule has 134 valence electrons. The molecule has 1 aliphatic rings. The summed E-state index contributed by atoms with van der Waals surface area (Å²) in [6.07, 6.45) is 2.24. The molecule has 1 atom stereocenters. The van der Waals surface area contributed by atoms with E-state index in [1.807, 2.05) is 12.1 Å². The molecular formula is C20H20FN3O2. The number of rotatable bonds is 5. The molecule has 0 bridgehead atoms. The van der Waals surface area contributed by atoms with Crippen LogP contribution in [-0.2, 0) is 6.54 Å². The van der Waals surface area contributed by atoms with Gasteiger partial charge in [-0.15, -0.1) is 0 Å². The molecule has 0 spiro atoms. The smallest absolute Gasteiger partial charge is 0.241 e. The van der Waals surface area contributed by atoms with E-state index in [1.54, 1.807) is 19.2 Å². The van der Waals surface area contributed by atoms with E-state index >= 15 is 0 Å². The minimum atomic E-state index is -0.281. The molecule has 1 aromatic heterocycles. The first-order valence-corrected chi connectivity index (χ1v) is 8.69. The number of hydrogen-bond acceptors (Lipinski definition) is 5. The van der Waals surface area contributed by atoms with E-state index in [9.17, 15) is 4.39 Å². The third-order valence-electron chi connectivity index (χ3n) is 4.77. The molecule has 0 saturated carbocycles. The average Bonchev–Trinajstić information content (AvgIpc) is 3.33. The SMILES string of the molecule is COc1ccc([C@@H]2CCCN2Cc2nc(-c3ccc(F)cc3)no2)cc1. The summed E-state index contributed by atoms with van der Waals surface area (Å²) in [5.41, 5.74) is 2.01. The summed E-state index contributed by atoms with van der Waals surface area (Å²) >= 11 is 0. The van der Waals surface area contributed by atoms with Gasteiger partial charge < -0.3 is 9.26 Å². The number of nitrogens with zero attached hydrogens (tertiary/aromatic N) is 3. The third kappa shape index (κ3) is 3.46. The molecule has 0 radical (unpaired) electrons. The zero-order chi connectivity index (χ0) is 17.9. The second-order valence-electron chi connectivity index (χ2n) is 6.42. The summed E-state index contributed by atoms with van der Waals surface area (Å²) in [6, 6.07) is 14.6. The van der Waals surface area contributed by atoms with Crippen molar-refractivity contribution in [2.45, 2.75) is 25.4 Å². The molecule has 0 unspecified atom stereocenters. The predicted octanol–water partition coefficient (Wildman–Crippen LogP) is 4.22. The lowest BCUT2D eigenvalue weighted by molar-refractivity contribution is 0.212. The van der Waals surface area contributed by atoms with Crippen LogP contribution in [0.1, 0.15) is 30.3 Å². The van der Waals surface area contributed by atoms with Gasteiger partial charge in [0, 0.05) is 11.6 Å². The zero-order valence-corrected chi connectivity index (χ0v) is 14.6. The molecule has 0 amide bonds. The lowest BCUT2D eigenvalue weighted by Crippen LogP contribution is -2.22. The van der Waals surface area contributed by atoms with Crippen LogP contribution in [0.5, 0.6) is 5.75 Å². The molecule has 0 aliphatic carbocycles. The molecule has 5 nitrogen and oxygen atoms in total. The third-order valence-corrected chi connectivity index (χ3v) is 4.77. The first-order valence-electron chi connectivity index (χ1n) is 8.69. The van der Waals surface area contributed by atoms with E-state index in [0.29, 0.717) is 24.3 Å². The lowest BCUT2D eigenvalue weighted by atomic mass is 10.0. The highest BCUT2D eigenvalue weighted by Crippen LogP contribution is 2.33. The van der Waals surface area contributed by atoms with Gasteiger partial charge in [0.2, 0.25) is 11.7 Å². The fraction of sp³-hybridized carbons (Fsp3) is 0.300. The second kappa shape index (κ2) is 7.25. The van der Waals surface area contributed by atoms with Gasteiger partial charge in [-0.2, -0.15) is 4.98 Å². The van der Waals surface area contributed by atoms with Gasteiger partial charge in [-0.05, 0) is 61.3 Å². The van der Waals surface area contributed by atoms with E-state index in [1.165, 1.54) is 17.7 Å². The standard InChI is InChI=1S/C20H20FN3O2/c1-25-17-10-6-14(7-11-17)18-3-2-12-24(18)13-19-22-20(23-26-19)15-4-8-16(21)9-5-15/h4-11,18H,2-3,12-13H2,1H3/t18-/m0/s1. The van der Waals surface area contributed by atoms with Crippen LogP contribution in [0.2, 0.25) is 0 Å². The van der Waals surface area contributed by atoms with Crippen molar-refractivity contribution < 1.29 is 13.7 Å². The van der Waals surface area contributed by atoms with Crippen LogP contribution in [0.25, 0.3) is 11.4 Å². The molecule has 0 N–H and O–H groups in total. The monoisotopic (exact) mass is 353 g/mol. The minimum absolute atomic E-state index is 0.281. The molecule has 1 aliphatic heterocycles. The van der Waals surface area contributed by atoms with Crippen molar-refractivity contribution in [3.05, 3.63) is 65.8 Å². The normalized spacial score (nSPS) is 17.5. The molecule has 6 heteroatoms. The van der Waals surface area contributed by atoms with E-state index < -0.39 is 0 Å². The average molecular weight is 353 g/mol. The Labute approximate surface area is 151 Å². The van der Waals surface area contributed by atoms with E-state index in [-0.39, 0.29) is 5.82 Å². The summed E-state index contributed by atoms with van der Waals surface area (Å²) in [7, 11) is 1.67. The number of halogens is 1. The van der Waals surface area contributed by atoms with Crippen molar-refractivity contribution in [3.8, 4) is 17.1 Å². The van der Waals surface area contributed by atoms with Gasteiger partial charge in [0.15, 0.2) is 0 Å². The van der Waals surface area contributed by atoms with Gasteiger partial charge in [0.1, 0.15) is 11.6 Å². The van der Waals surface area contributed by atoms with Crippen LogP contribution in [0.3, 0.4) is 0 Å². The number of aromatic nitrogens is 2. The number of ether oxygens (including phenoxy) is 1. The Bertz CT molecular complexity index is 862.